The van der Waals surface area contributed by atoms with Crippen LogP contribution < -0.4 is 10.1 Å². The van der Waals surface area contributed by atoms with E-state index >= 15 is 0 Å². The lowest BCUT2D eigenvalue weighted by molar-refractivity contribution is 0.0949. The van der Waals surface area contributed by atoms with E-state index < -0.39 is 0 Å². The molecule has 0 spiro atoms. The average molecular weight is 285 g/mol. The number of hydrogen-bond donors (Lipinski definition) is 1. The average Bonchev–Trinajstić information content (AvgIpc) is 2.92. The number of carbonyl (C=O) groups excluding carboxylic acids is 1. The Hall–Kier alpha value is -1.26. The lowest BCUT2D eigenvalue weighted by Gasteiger charge is -2.14. The van der Waals surface area contributed by atoms with Gasteiger partial charge in [-0.25, -0.2) is 0 Å². The Morgan fingerprint density at radius 3 is 2.79 bits per heavy atom. The van der Waals surface area contributed by atoms with E-state index in [1.807, 2.05) is 12.1 Å². The molecule has 0 aliphatic carbocycles. The Kier molecular flexibility index (Phi) is 6.67. The number of halogens is 1. The lowest BCUT2D eigenvalue weighted by atomic mass is 10.2. The fraction of sp³-hybridized carbons (Fsp3) is 0.500. The van der Waals surface area contributed by atoms with E-state index in [0.717, 1.165) is 19.6 Å². The maximum absolute atomic E-state index is 11.9. The molecule has 0 radical (unpaired) electrons. The summed E-state index contributed by atoms with van der Waals surface area (Å²) in [5.41, 5.74) is 0.649. The fourth-order valence-electron chi connectivity index (χ4n) is 2.20. The first-order valence-electron chi connectivity index (χ1n) is 6.44. The van der Waals surface area contributed by atoms with E-state index in [0.29, 0.717) is 17.9 Å². The fourth-order valence-corrected chi connectivity index (χ4v) is 2.20. The van der Waals surface area contributed by atoms with Gasteiger partial charge in [0.2, 0.25) is 0 Å². The van der Waals surface area contributed by atoms with E-state index in [1.54, 1.807) is 19.2 Å². The third-order valence-corrected chi connectivity index (χ3v) is 3.24. The summed E-state index contributed by atoms with van der Waals surface area (Å²) in [4.78, 5) is 14.3. The monoisotopic (exact) mass is 284 g/mol. The van der Waals surface area contributed by atoms with Gasteiger partial charge in [-0.3, -0.25) is 4.79 Å². The van der Waals surface area contributed by atoms with E-state index in [9.17, 15) is 4.79 Å². The molecule has 0 atom stereocenters. The van der Waals surface area contributed by atoms with Crippen molar-refractivity contribution in [3.63, 3.8) is 0 Å². The van der Waals surface area contributed by atoms with Crippen molar-refractivity contribution in [1.29, 1.82) is 0 Å². The van der Waals surface area contributed by atoms with Crippen LogP contribution in [0.2, 0.25) is 0 Å². The second kappa shape index (κ2) is 8.02. The third kappa shape index (κ3) is 4.73. The molecule has 1 aliphatic heterocycles. The minimum Gasteiger partial charge on any atom is -0.497 e. The van der Waals surface area contributed by atoms with Crippen molar-refractivity contribution in [2.75, 3.05) is 33.3 Å². The number of benzene rings is 1. The quantitative estimate of drug-likeness (QED) is 0.898. The SMILES string of the molecule is COc1cccc(C(=O)NCCN2CCCC2)c1.Cl. The summed E-state index contributed by atoms with van der Waals surface area (Å²) in [6, 6.07) is 7.22. The van der Waals surface area contributed by atoms with Crippen molar-refractivity contribution in [1.82, 2.24) is 10.2 Å². The van der Waals surface area contributed by atoms with Gasteiger partial charge in [0.25, 0.3) is 5.91 Å². The zero-order chi connectivity index (χ0) is 12.8. The van der Waals surface area contributed by atoms with Gasteiger partial charge >= 0.3 is 0 Å². The van der Waals surface area contributed by atoms with Crippen molar-refractivity contribution in [2.45, 2.75) is 12.8 Å². The molecule has 1 amide bonds. The molecule has 1 N–H and O–H groups in total. The summed E-state index contributed by atoms with van der Waals surface area (Å²) in [5.74, 6) is 0.676. The Morgan fingerprint density at radius 1 is 1.37 bits per heavy atom. The normalized spacial score (nSPS) is 14.8. The molecule has 2 rings (SSSR count). The van der Waals surface area contributed by atoms with Gasteiger partial charge in [-0.1, -0.05) is 6.07 Å². The zero-order valence-electron chi connectivity index (χ0n) is 11.2. The summed E-state index contributed by atoms with van der Waals surface area (Å²) >= 11 is 0. The van der Waals surface area contributed by atoms with Gasteiger partial charge in [-0.05, 0) is 44.1 Å². The van der Waals surface area contributed by atoms with Crippen LogP contribution in [0.15, 0.2) is 24.3 Å². The minimum atomic E-state index is -0.0342. The summed E-state index contributed by atoms with van der Waals surface area (Å²) < 4.78 is 5.10. The summed E-state index contributed by atoms with van der Waals surface area (Å²) in [7, 11) is 1.60. The van der Waals surface area contributed by atoms with Crippen molar-refractivity contribution in [3.8, 4) is 5.75 Å². The number of amides is 1. The van der Waals surface area contributed by atoms with Gasteiger partial charge in [0, 0.05) is 18.7 Å². The molecule has 4 nitrogen and oxygen atoms in total. The van der Waals surface area contributed by atoms with Crippen molar-refractivity contribution in [2.24, 2.45) is 0 Å². The van der Waals surface area contributed by atoms with E-state index in [4.69, 9.17) is 4.74 Å². The molecule has 19 heavy (non-hydrogen) atoms. The molecule has 106 valence electrons. The highest BCUT2D eigenvalue weighted by Crippen LogP contribution is 2.12. The molecule has 0 aromatic heterocycles. The smallest absolute Gasteiger partial charge is 0.251 e. The molecule has 5 heteroatoms. The molecule has 1 aromatic rings. The number of methoxy groups -OCH3 is 1. The summed E-state index contributed by atoms with van der Waals surface area (Å²) in [6.45, 7) is 3.97. The van der Waals surface area contributed by atoms with Gasteiger partial charge < -0.3 is 15.0 Å². The van der Waals surface area contributed by atoms with Crippen molar-refractivity contribution < 1.29 is 9.53 Å². The Labute approximate surface area is 120 Å². The largest absolute Gasteiger partial charge is 0.497 e. The van der Waals surface area contributed by atoms with Crippen LogP contribution in [0.3, 0.4) is 0 Å². The first kappa shape index (κ1) is 15.8. The molecule has 1 aromatic carbocycles. The van der Waals surface area contributed by atoms with Crippen LogP contribution in [0.4, 0.5) is 0 Å². The van der Waals surface area contributed by atoms with Crippen LogP contribution in [0.25, 0.3) is 0 Å². The summed E-state index contributed by atoms with van der Waals surface area (Å²) in [5, 5.41) is 2.94. The highest BCUT2D eigenvalue weighted by atomic mass is 35.5. The first-order chi connectivity index (χ1) is 8.79. The van der Waals surface area contributed by atoms with Crippen LogP contribution in [0.5, 0.6) is 5.75 Å². The van der Waals surface area contributed by atoms with Crippen molar-refractivity contribution in [3.05, 3.63) is 29.8 Å². The molecular formula is C14H21ClN2O2. The lowest BCUT2D eigenvalue weighted by Crippen LogP contribution is -2.33. The standard InChI is InChI=1S/C14H20N2O2.ClH/c1-18-13-6-4-5-12(11-13)14(17)15-7-10-16-8-2-3-9-16;/h4-6,11H,2-3,7-10H2,1H3,(H,15,17);1H. The molecular weight excluding hydrogens is 264 g/mol. The Bertz CT molecular complexity index is 406. The van der Waals surface area contributed by atoms with Gasteiger partial charge in [0.05, 0.1) is 7.11 Å². The molecule has 1 heterocycles. The molecule has 0 unspecified atom stereocenters. The van der Waals surface area contributed by atoms with Gasteiger partial charge in [-0.15, -0.1) is 12.4 Å². The van der Waals surface area contributed by atoms with E-state index in [-0.39, 0.29) is 18.3 Å². The predicted molar refractivity (Wildman–Crippen MR) is 78.2 cm³/mol. The molecule has 1 saturated heterocycles. The van der Waals surface area contributed by atoms with Gasteiger partial charge in [0.15, 0.2) is 0 Å². The Balaban J connectivity index is 0.00000180. The van der Waals surface area contributed by atoms with Crippen molar-refractivity contribution >= 4 is 18.3 Å². The minimum absolute atomic E-state index is 0. The predicted octanol–water partition coefficient (Wildman–Crippen LogP) is 1.94. The van der Waals surface area contributed by atoms with Crippen LogP contribution in [0.1, 0.15) is 23.2 Å². The second-order valence-electron chi connectivity index (χ2n) is 4.54. The molecule has 1 fully saturated rings. The van der Waals surface area contributed by atoms with Crippen LogP contribution in [-0.2, 0) is 0 Å². The van der Waals surface area contributed by atoms with Crippen LogP contribution in [-0.4, -0.2) is 44.1 Å². The maximum atomic E-state index is 11.9. The number of nitrogens with zero attached hydrogens (tertiary/aromatic N) is 1. The highest BCUT2D eigenvalue weighted by molar-refractivity contribution is 5.94. The molecule has 0 bridgehead atoms. The number of ether oxygens (including phenoxy) is 1. The van der Waals surface area contributed by atoms with Gasteiger partial charge in [-0.2, -0.15) is 0 Å². The first-order valence-corrected chi connectivity index (χ1v) is 6.44. The number of rotatable bonds is 5. The van der Waals surface area contributed by atoms with E-state index in [2.05, 4.69) is 10.2 Å². The zero-order valence-corrected chi connectivity index (χ0v) is 12.0. The van der Waals surface area contributed by atoms with Crippen LogP contribution >= 0.6 is 12.4 Å². The van der Waals surface area contributed by atoms with E-state index in [1.165, 1.54) is 12.8 Å². The molecule has 0 saturated carbocycles. The number of carbonyl (C=O) groups is 1. The van der Waals surface area contributed by atoms with Crippen LogP contribution in [0, 0.1) is 0 Å². The Morgan fingerprint density at radius 2 is 2.11 bits per heavy atom. The second-order valence-corrected chi connectivity index (χ2v) is 4.54. The summed E-state index contributed by atoms with van der Waals surface area (Å²) in [6.07, 6.45) is 2.56. The highest BCUT2D eigenvalue weighted by Gasteiger charge is 2.11. The number of hydrogen-bond acceptors (Lipinski definition) is 3. The maximum Gasteiger partial charge on any atom is 0.251 e. The number of nitrogens with one attached hydrogen (secondary N) is 1. The topological polar surface area (TPSA) is 41.6 Å². The number of likely N-dealkylation sites (tertiary alicyclic amines) is 1. The van der Waals surface area contributed by atoms with Gasteiger partial charge in [0.1, 0.15) is 5.75 Å². The molecule has 1 aliphatic rings. The third-order valence-electron chi connectivity index (χ3n) is 3.24.